The number of hydrogen-bond donors (Lipinski definition) is 1. The number of fused-ring (bicyclic) bond motifs is 1. The van der Waals surface area contributed by atoms with Crippen molar-refractivity contribution in [2.24, 2.45) is 5.73 Å². The van der Waals surface area contributed by atoms with Crippen LogP contribution in [0.3, 0.4) is 0 Å². The second-order valence-corrected chi connectivity index (χ2v) is 5.11. The molecule has 106 valence electrons. The Kier molecular flexibility index (Phi) is 4.04. The molecule has 3 rings (SSSR count). The molecule has 3 aromatic rings. The Hall–Kier alpha value is -2.10. The van der Waals surface area contributed by atoms with Crippen molar-refractivity contribution in [1.29, 1.82) is 0 Å². The first kappa shape index (κ1) is 13.9. The van der Waals surface area contributed by atoms with E-state index in [-0.39, 0.29) is 0 Å². The van der Waals surface area contributed by atoms with E-state index in [0.29, 0.717) is 13.2 Å². The van der Waals surface area contributed by atoms with E-state index in [0.717, 1.165) is 32.9 Å². The van der Waals surface area contributed by atoms with Crippen molar-refractivity contribution in [1.82, 2.24) is 4.98 Å². The van der Waals surface area contributed by atoms with Crippen LogP contribution in [0.2, 0.25) is 5.02 Å². The lowest BCUT2D eigenvalue weighted by atomic mass is 10.1. The van der Waals surface area contributed by atoms with Crippen molar-refractivity contribution in [3.8, 4) is 5.75 Å². The van der Waals surface area contributed by atoms with Crippen molar-refractivity contribution in [2.45, 2.75) is 13.2 Å². The maximum absolute atomic E-state index is 6.20. The normalized spacial score (nSPS) is 10.8. The summed E-state index contributed by atoms with van der Waals surface area (Å²) in [4.78, 5) is 4.43. The van der Waals surface area contributed by atoms with Crippen LogP contribution in [0.1, 0.15) is 11.4 Å². The molecule has 0 radical (unpaired) electrons. The summed E-state index contributed by atoms with van der Waals surface area (Å²) in [6.07, 6.45) is 0. The molecule has 0 aliphatic heterocycles. The lowest BCUT2D eigenvalue weighted by Crippen LogP contribution is -2.04. The van der Waals surface area contributed by atoms with Gasteiger partial charge in [-0.3, -0.25) is 4.98 Å². The van der Waals surface area contributed by atoms with Gasteiger partial charge in [0.25, 0.3) is 0 Å². The summed E-state index contributed by atoms with van der Waals surface area (Å²) in [5.41, 5.74) is 7.32. The Balaban J connectivity index is 1.87. The number of nitrogens with zero attached hydrogens (tertiary/aromatic N) is 1. The molecule has 4 heteroatoms. The molecule has 0 atom stereocenters. The lowest BCUT2D eigenvalue weighted by Gasteiger charge is -2.10. The van der Waals surface area contributed by atoms with E-state index in [2.05, 4.69) is 4.98 Å². The summed E-state index contributed by atoms with van der Waals surface area (Å²) in [6.45, 7) is 0.831. The molecule has 1 heterocycles. The van der Waals surface area contributed by atoms with Crippen LogP contribution in [0, 0.1) is 0 Å². The van der Waals surface area contributed by atoms with Crippen molar-refractivity contribution in [2.75, 3.05) is 0 Å². The number of ether oxygens (including phenoxy) is 1. The fourth-order valence-electron chi connectivity index (χ4n) is 2.24. The molecule has 0 bridgehead atoms. The highest BCUT2D eigenvalue weighted by Gasteiger charge is 2.06. The van der Waals surface area contributed by atoms with Crippen LogP contribution in [-0.2, 0) is 13.2 Å². The van der Waals surface area contributed by atoms with Crippen LogP contribution in [-0.4, -0.2) is 4.98 Å². The maximum atomic E-state index is 6.20. The molecule has 0 spiro atoms. The number of halogens is 1. The fourth-order valence-corrected chi connectivity index (χ4v) is 2.46. The van der Waals surface area contributed by atoms with Crippen LogP contribution in [0.25, 0.3) is 10.8 Å². The molecule has 21 heavy (non-hydrogen) atoms. The summed E-state index contributed by atoms with van der Waals surface area (Å²) in [5, 5.41) is 2.71. The van der Waals surface area contributed by atoms with Gasteiger partial charge in [-0.2, -0.15) is 0 Å². The van der Waals surface area contributed by atoms with Gasteiger partial charge in [-0.05, 0) is 24.3 Å². The van der Waals surface area contributed by atoms with E-state index < -0.39 is 0 Å². The minimum absolute atomic E-state index is 0.402. The minimum atomic E-state index is 0.402. The van der Waals surface area contributed by atoms with Gasteiger partial charge in [-0.1, -0.05) is 41.9 Å². The van der Waals surface area contributed by atoms with Crippen molar-refractivity contribution < 1.29 is 4.74 Å². The largest absolute Gasteiger partial charge is 0.487 e. The van der Waals surface area contributed by atoms with Crippen molar-refractivity contribution in [3.05, 3.63) is 71.0 Å². The first-order valence-electron chi connectivity index (χ1n) is 6.73. The molecule has 0 saturated carbocycles. The first-order chi connectivity index (χ1) is 10.3. The van der Waals surface area contributed by atoms with Gasteiger partial charge in [-0.15, -0.1) is 0 Å². The molecule has 2 N–H and O–H groups in total. The highest BCUT2D eigenvalue weighted by Crippen LogP contribution is 2.31. The van der Waals surface area contributed by atoms with Crippen LogP contribution in [0.5, 0.6) is 5.75 Å². The molecule has 0 unspecified atom stereocenters. The number of rotatable bonds is 4. The Morgan fingerprint density at radius 1 is 0.905 bits per heavy atom. The topological polar surface area (TPSA) is 48.1 Å². The zero-order valence-corrected chi connectivity index (χ0v) is 12.2. The van der Waals surface area contributed by atoms with Crippen LogP contribution in [0.15, 0.2) is 54.6 Å². The third-order valence-corrected chi connectivity index (χ3v) is 3.61. The van der Waals surface area contributed by atoms with Gasteiger partial charge in [0.1, 0.15) is 12.4 Å². The van der Waals surface area contributed by atoms with Crippen molar-refractivity contribution in [3.63, 3.8) is 0 Å². The number of benzene rings is 2. The lowest BCUT2D eigenvalue weighted by molar-refractivity contribution is 0.304. The molecule has 0 aliphatic carbocycles. The summed E-state index contributed by atoms with van der Waals surface area (Å²) >= 11 is 6.20. The van der Waals surface area contributed by atoms with Gasteiger partial charge in [0.05, 0.1) is 11.4 Å². The second kappa shape index (κ2) is 6.12. The summed E-state index contributed by atoms with van der Waals surface area (Å²) < 4.78 is 5.90. The Morgan fingerprint density at radius 3 is 2.48 bits per heavy atom. The minimum Gasteiger partial charge on any atom is -0.487 e. The molecule has 0 amide bonds. The van der Waals surface area contributed by atoms with Gasteiger partial charge in [0, 0.05) is 22.3 Å². The third-order valence-electron chi connectivity index (χ3n) is 3.28. The zero-order valence-electron chi connectivity index (χ0n) is 11.4. The zero-order chi connectivity index (χ0) is 14.7. The average Bonchev–Trinajstić information content (AvgIpc) is 2.55. The number of nitrogens with two attached hydrogens (primary N) is 1. The van der Waals surface area contributed by atoms with E-state index in [9.17, 15) is 0 Å². The SMILES string of the molecule is NCc1cccc(COc2ccc(Cl)c3ccccc23)n1. The van der Waals surface area contributed by atoms with E-state index in [1.165, 1.54) is 0 Å². The number of aromatic nitrogens is 1. The Morgan fingerprint density at radius 2 is 1.67 bits per heavy atom. The molecule has 1 aromatic heterocycles. The second-order valence-electron chi connectivity index (χ2n) is 4.70. The highest BCUT2D eigenvalue weighted by molar-refractivity contribution is 6.35. The smallest absolute Gasteiger partial charge is 0.130 e. The van der Waals surface area contributed by atoms with Crippen LogP contribution >= 0.6 is 11.6 Å². The maximum Gasteiger partial charge on any atom is 0.130 e. The predicted molar refractivity (Wildman–Crippen MR) is 85.4 cm³/mol. The Labute approximate surface area is 128 Å². The molecule has 0 aliphatic rings. The van der Waals surface area contributed by atoms with Crippen molar-refractivity contribution >= 4 is 22.4 Å². The molecule has 0 saturated heterocycles. The van der Waals surface area contributed by atoms with E-state index in [1.54, 1.807) is 0 Å². The molecule has 2 aromatic carbocycles. The monoisotopic (exact) mass is 298 g/mol. The predicted octanol–water partition coefficient (Wildman–Crippen LogP) is 3.93. The van der Waals surface area contributed by atoms with Crippen LogP contribution in [0.4, 0.5) is 0 Å². The molecule has 3 nitrogen and oxygen atoms in total. The van der Waals surface area contributed by atoms with Gasteiger partial charge in [-0.25, -0.2) is 0 Å². The van der Waals surface area contributed by atoms with Gasteiger partial charge < -0.3 is 10.5 Å². The van der Waals surface area contributed by atoms with E-state index >= 15 is 0 Å². The fraction of sp³-hybridized carbons (Fsp3) is 0.118. The molecular weight excluding hydrogens is 284 g/mol. The molecular formula is C17H15ClN2O. The van der Waals surface area contributed by atoms with E-state index in [4.69, 9.17) is 22.1 Å². The number of hydrogen-bond acceptors (Lipinski definition) is 3. The standard InChI is InChI=1S/C17H15ClN2O/c18-16-8-9-17(15-7-2-1-6-14(15)16)21-11-13-5-3-4-12(10-19)20-13/h1-9H,10-11,19H2. The summed E-state index contributed by atoms with van der Waals surface area (Å²) in [7, 11) is 0. The third kappa shape index (κ3) is 2.99. The quantitative estimate of drug-likeness (QED) is 0.794. The number of pyridine rings is 1. The summed E-state index contributed by atoms with van der Waals surface area (Å²) in [5.74, 6) is 0.801. The van der Waals surface area contributed by atoms with Gasteiger partial charge in [0.15, 0.2) is 0 Å². The Bertz CT molecular complexity index is 774. The summed E-state index contributed by atoms with van der Waals surface area (Å²) in [6, 6.07) is 17.4. The van der Waals surface area contributed by atoms with E-state index in [1.807, 2.05) is 54.6 Å². The first-order valence-corrected chi connectivity index (χ1v) is 7.10. The van der Waals surface area contributed by atoms with Gasteiger partial charge in [0.2, 0.25) is 0 Å². The highest BCUT2D eigenvalue weighted by atomic mass is 35.5. The van der Waals surface area contributed by atoms with Gasteiger partial charge >= 0.3 is 0 Å². The van der Waals surface area contributed by atoms with Crippen LogP contribution < -0.4 is 10.5 Å². The molecule has 0 fully saturated rings. The average molecular weight is 299 g/mol.